The van der Waals surface area contributed by atoms with Crippen LogP contribution in [0.4, 0.5) is 13.2 Å². The van der Waals surface area contributed by atoms with E-state index in [0.717, 1.165) is 13.2 Å². The van der Waals surface area contributed by atoms with Gasteiger partial charge in [-0.2, -0.15) is 0 Å². The van der Waals surface area contributed by atoms with Gasteiger partial charge in [-0.25, -0.2) is 18.0 Å². The van der Waals surface area contributed by atoms with Crippen LogP contribution in [0, 0.1) is 17.5 Å². The molecule has 1 aliphatic heterocycles. The van der Waals surface area contributed by atoms with Crippen molar-refractivity contribution >= 4 is 23.7 Å². The molecule has 2 N–H and O–H groups in total. The van der Waals surface area contributed by atoms with E-state index in [0.29, 0.717) is 12.0 Å². The number of carbonyl (C=O) groups is 4. The molecule has 1 fully saturated rings. The van der Waals surface area contributed by atoms with Gasteiger partial charge in [-0.1, -0.05) is 24.3 Å². The van der Waals surface area contributed by atoms with E-state index in [-0.39, 0.29) is 37.3 Å². The summed E-state index contributed by atoms with van der Waals surface area (Å²) in [5.41, 5.74) is 0.426. The molecular weight excluding hydrogens is 531 g/mol. The van der Waals surface area contributed by atoms with Gasteiger partial charge in [0, 0.05) is 44.5 Å². The predicted octanol–water partition coefficient (Wildman–Crippen LogP) is 2.41. The Morgan fingerprint density at radius 2 is 1.80 bits per heavy atom. The van der Waals surface area contributed by atoms with Crippen LogP contribution in [-0.4, -0.2) is 67.0 Å². The summed E-state index contributed by atoms with van der Waals surface area (Å²) in [7, 11) is 2.49. The van der Waals surface area contributed by atoms with Crippen LogP contribution < -0.4 is 10.6 Å². The Bertz CT molecular complexity index is 1240. The number of hydrogen-bond acceptors (Lipinski definition) is 6. The van der Waals surface area contributed by atoms with Crippen LogP contribution in [0.1, 0.15) is 37.3 Å². The lowest BCUT2D eigenvalue weighted by atomic mass is 10.0. The Morgan fingerprint density at radius 1 is 1.07 bits per heavy atom. The minimum absolute atomic E-state index is 0.0157. The normalized spacial score (nSPS) is 17.2. The lowest BCUT2D eigenvalue weighted by Gasteiger charge is -2.28. The third kappa shape index (κ3) is 7.81. The SMILES string of the molecule is COC(=O)[C@H](Cc1cccc(F)c1)NC(=O)[C@@H](NC(=O)C[C@@H]1CCC(=O)N1Cc1cccc(F)c1F)[C@@H](C)OC. The molecule has 0 bridgehead atoms. The van der Waals surface area contributed by atoms with E-state index in [1.807, 2.05) is 0 Å². The van der Waals surface area contributed by atoms with Crippen molar-refractivity contribution in [3.63, 3.8) is 0 Å². The molecule has 3 amide bonds. The molecule has 3 rings (SSSR count). The van der Waals surface area contributed by atoms with Crippen LogP contribution >= 0.6 is 0 Å². The molecule has 216 valence electrons. The van der Waals surface area contributed by atoms with Gasteiger partial charge in [0.2, 0.25) is 17.7 Å². The molecule has 2 aromatic rings. The minimum atomic E-state index is -1.23. The summed E-state index contributed by atoms with van der Waals surface area (Å²) in [5, 5.41) is 5.13. The number of nitrogens with one attached hydrogen (secondary N) is 2. The third-order valence-corrected chi connectivity index (χ3v) is 6.82. The Hall–Kier alpha value is -3.93. The van der Waals surface area contributed by atoms with Crippen molar-refractivity contribution in [1.29, 1.82) is 0 Å². The molecule has 9 nitrogen and oxygen atoms in total. The van der Waals surface area contributed by atoms with E-state index in [2.05, 4.69) is 10.6 Å². The molecule has 0 spiro atoms. The molecule has 1 aliphatic rings. The number of hydrogen-bond donors (Lipinski definition) is 2. The van der Waals surface area contributed by atoms with Crippen LogP contribution in [0.15, 0.2) is 42.5 Å². The molecular formula is C28H32F3N3O6. The van der Waals surface area contributed by atoms with E-state index in [1.54, 1.807) is 13.0 Å². The first-order valence-electron chi connectivity index (χ1n) is 12.7. The van der Waals surface area contributed by atoms with Crippen LogP contribution in [-0.2, 0) is 41.6 Å². The van der Waals surface area contributed by atoms with E-state index in [4.69, 9.17) is 9.47 Å². The molecule has 4 atom stereocenters. The Kier molecular flexibility index (Phi) is 10.7. The van der Waals surface area contributed by atoms with Crippen molar-refractivity contribution in [2.75, 3.05) is 14.2 Å². The molecule has 0 aliphatic carbocycles. The highest BCUT2D eigenvalue weighted by Crippen LogP contribution is 2.25. The number of methoxy groups -OCH3 is 2. The van der Waals surface area contributed by atoms with Crippen LogP contribution in [0.5, 0.6) is 0 Å². The number of ether oxygens (including phenoxy) is 2. The first-order valence-corrected chi connectivity index (χ1v) is 12.7. The zero-order valence-electron chi connectivity index (χ0n) is 22.4. The highest BCUT2D eigenvalue weighted by atomic mass is 19.2. The number of carbonyl (C=O) groups excluding carboxylic acids is 4. The van der Waals surface area contributed by atoms with Gasteiger partial charge < -0.3 is 25.0 Å². The molecule has 1 heterocycles. The van der Waals surface area contributed by atoms with Gasteiger partial charge in [0.15, 0.2) is 11.6 Å². The number of nitrogens with zero attached hydrogens (tertiary/aromatic N) is 1. The van der Waals surface area contributed by atoms with Crippen LogP contribution in [0.25, 0.3) is 0 Å². The fraction of sp³-hybridized carbons (Fsp3) is 0.429. The number of halogens is 3. The van der Waals surface area contributed by atoms with Gasteiger partial charge in [0.1, 0.15) is 17.9 Å². The van der Waals surface area contributed by atoms with Gasteiger partial charge >= 0.3 is 5.97 Å². The van der Waals surface area contributed by atoms with E-state index >= 15 is 0 Å². The Morgan fingerprint density at radius 3 is 2.48 bits per heavy atom. The maximum Gasteiger partial charge on any atom is 0.328 e. The second kappa shape index (κ2) is 13.9. The lowest BCUT2D eigenvalue weighted by molar-refractivity contribution is -0.146. The maximum atomic E-state index is 14.2. The summed E-state index contributed by atoms with van der Waals surface area (Å²) < 4.78 is 51.5. The molecule has 1 saturated heterocycles. The van der Waals surface area contributed by atoms with Crippen molar-refractivity contribution in [1.82, 2.24) is 15.5 Å². The Labute approximate surface area is 230 Å². The van der Waals surface area contributed by atoms with Crippen molar-refractivity contribution in [2.24, 2.45) is 0 Å². The largest absolute Gasteiger partial charge is 0.467 e. The zero-order valence-corrected chi connectivity index (χ0v) is 22.4. The van der Waals surface area contributed by atoms with Crippen LogP contribution in [0.2, 0.25) is 0 Å². The average Bonchev–Trinajstić information content (AvgIpc) is 3.26. The van der Waals surface area contributed by atoms with Gasteiger partial charge in [-0.3, -0.25) is 14.4 Å². The molecule has 0 aromatic heterocycles. The van der Waals surface area contributed by atoms with E-state index in [9.17, 15) is 32.3 Å². The first kappa shape index (κ1) is 30.6. The summed E-state index contributed by atoms with van der Waals surface area (Å²) in [5.74, 6) is -5.01. The number of esters is 1. The monoisotopic (exact) mass is 563 g/mol. The van der Waals surface area contributed by atoms with E-state index in [1.165, 1.54) is 42.3 Å². The summed E-state index contributed by atoms with van der Waals surface area (Å²) in [6, 6.07) is 6.19. The highest BCUT2D eigenvalue weighted by molar-refractivity contribution is 5.91. The van der Waals surface area contributed by atoms with Crippen molar-refractivity contribution in [2.45, 2.75) is 63.4 Å². The second-order valence-electron chi connectivity index (χ2n) is 9.54. The number of benzene rings is 2. The fourth-order valence-electron chi connectivity index (χ4n) is 4.55. The molecule has 40 heavy (non-hydrogen) atoms. The van der Waals surface area contributed by atoms with Crippen molar-refractivity contribution in [3.05, 3.63) is 71.0 Å². The van der Waals surface area contributed by atoms with E-state index < -0.39 is 59.5 Å². The van der Waals surface area contributed by atoms with Crippen LogP contribution in [0.3, 0.4) is 0 Å². The number of rotatable bonds is 12. The summed E-state index contributed by atoms with van der Waals surface area (Å²) in [6.07, 6.45) is -0.633. The predicted molar refractivity (Wildman–Crippen MR) is 137 cm³/mol. The molecule has 0 unspecified atom stereocenters. The molecule has 0 saturated carbocycles. The molecule has 12 heteroatoms. The summed E-state index contributed by atoms with van der Waals surface area (Å²) in [6.45, 7) is 1.34. The van der Waals surface area contributed by atoms with Gasteiger partial charge in [-0.15, -0.1) is 0 Å². The molecule has 0 radical (unpaired) electrons. The highest BCUT2D eigenvalue weighted by Gasteiger charge is 2.36. The summed E-state index contributed by atoms with van der Waals surface area (Å²) >= 11 is 0. The minimum Gasteiger partial charge on any atom is -0.467 e. The standard InChI is InChI=1S/C28H32F3N3O6/c1-16(39-2)26(27(37)32-22(28(38)40-3)13-17-6-4-8-19(29)12-17)33-23(35)14-20-10-11-24(36)34(20)15-18-7-5-9-21(30)25(18)31/h4-9,12,16,20,22,26H,10-11,13-15H2,1-3H3,(H,32,37)(H,33,35)/t16-,20+,22+,26+/m1/s1. The molecule has 2 aromatic carbocycles. The third-order valence-electron chi connectivity index (χ3n) is 6.82. The first-order chi connectivity index (χ1) is 19.0. The Balaban J connectivity index is 1.69. The maximum absolute atomic E-state index is 14.2. The fourth-order valence-corrected chi connectivity index (χ4v) is 4.55. The summed E-state index contributed by atoms with van der Waals surface area (Å²) in [4.78, 5) is 52.4. The van der Waals surface area contributed by atoms with Gasteiger partial charge in [0.25, 0.3) is 0 Å². The lowest BCUT2D eigenvalue weighted by Crippen LogP contribution is -2.57. The topological polar surface area (TPSA) is 114 Å². The quantitative estimate of drug-likeness (QED) is 0.384. The van der Waals surface area contributed by atoms with Gasteiger partial charge in [-0.05, 0) is 37.1 Å². The zero-order chi connectivity index (χ0) is 29.4. The second-order valence-corrected chi connectivity index (χ2v) is 9.54. The smallest absolute Gasteiger partial charge is 0.328 e. The van der Waals surface area contributed by atoms with Gasteiger partial charge in [0.05, 0.1) is 13.2 Å². The van der Waals surface area contributed by atoms with Crippen molar-refractivity contribution < 1.29 is 41.8 Å². The van der Waals surface area contributed by atoms with Crippen molar-refractivity contribution in [3.8, 4) is 0 Å². The number of likely N-dealkylation sites (tertiary alicyclic amines) is 1. The number of amides is 3. The average molecular weight is 564 g/mol.